The van der Waals surface area contributed by atoms with Gasteiger partial charge in [-0.3, -0.25) is 0 Å². The van der Waals surface area contributed by atoms with E-state index in [2.05, 4.69) is 10.2 Å². The first kappa shape index (κ1) is 8.23. The third-order valence-corrected chi connectivity index (χ3v) is 2.30. The molecule has 0 unspecified atom stereocenters. The van der Waals surface area contributed by atoms with Crippen molar-refractivity contribution in [1.82, 2.24) is 10.2 Å². The average Bonchev–Trinajstić information content (AvgIpc) is 1.93. The highest BCUT2D eigenvalue weighted by atomic mass is 35.5. The molecule has 0 bridgehead atoms. The van der Waals surface area contributed by atoms with Gasteiger partial charge in [-0.15, -0.1) is 10.2 Å². The van der Waals surface area contributed by atoms with Crippen LogP contribution in [0.15, 0.2) is 6.07 Å². The van der Waals surface area contributed by atoms with Gasteiger partial charge in [0.2, 0.25) is 0 Å². The van der Waals surface area contributed by atoms with Crippen LogP contribution in [-0.4, -0.2) is 23.4 Å². The van der Waals surface area contributed by atoms with Crippen molar-refractivity contribution in [3.05, 3.63) is 21.9 Å². The summed E-state index contributed by atoms with van der Waals surface area (Å²) in [5.74, 6) is 0.338. The SMILES string of the molecule is Clc1cc(C2COC2)c(Cl)nn1. The van der Waals surface area contributed by atoms with E-state index in [9.17, 15) is 0 Å². The Labute approximate surface area is 79.6 Å². The van der Waals surface area contributed by atoms with Crippen molar-refractivity contribution in [2.24, 2.45) is 0 Å². The van der Waals surface area contributed by atoms with Gasteiger partial charge >= 0.3 is 0 Å². The molecule has 0 saturated carbocycles. The Kier molecular flexibility index (Phi) is 2.17. The molecule has 1 aromatic heterocycles. The predicted octanol–water partition coefficient (Wildman–Crippen LogP) is 1.90. The fourth-order valence-corrected chi connectivity index (χ4v) is 1.47. The number of rotatable bonds is 1. The monoisotopic (exact) mass is 204 g/mol. The lowest BCUT2D eigenvalue weighted by atomic mass is 10.0. The lowest BCUT2D eigenvalue weighted by Gasteiger charge is -2.26. The van der Waals surface area contributed by atoms with Gasteiger partial charge in [-0.2, -0.15) is 0 Å². The van der Waals surface area contributed by atoms with Crippen LogP contribution < -0.4 is 0 Å². The predicted molar refractivity (Wildman–Crippen MR) is 45.6 cm³/mol. The van der Waals surface area contributed by atoms with Gasteiger partial charge in [-0.05, 0) is 6.07 Å². The van der Waals surface area contributed by atoms with Gasteiger partial charge in [-0.25, -0.2) is 0 Å². The Morgan fingerprint density at radius 1 is 1.33 bits per heavy atom. The van der Waals surface area contributed by atoms with Gasteiger partial charge < -0.3 is 4.74 Å². The first-order chi connectivity index (χ1) is 5.77. The van der Waals surface area contributed by atoms with Gasteiger partial charge in [0.25, 0.3) is 0 Å². The van der Waals surface area contributed by atoms with Gasteiger partial charge in [0.15, 0.2) is 10.3 Å². The maximum atomic E-state index is 5.82. The highest BCUT2D eigenvalue weighted by Crippen LogP contribution is 2.29. The molecule has 0 spiro atoms. The van der Waals surface area contributed by atoms with Crippen LogP contribution in [0.4, 0.5) is 0 Å². The molecule has 1 aliphatic heterocycles. The van der Waals surface area contributed by atoms with Crippen LogP contribution in [0, 0.1) is 0 Å². The number of ether oxygens (including phenoxy) is 1. The third-order valence-electron chi connectivity index (χ3n) is 1.82. The summed E-state index contributed by atoms with van der Waals surface area (Å²) in [6.45, 7) is 1.39. The lowest BCUT2D eigenvalue weighted by Crippen LogP contribution is -2.25. The average molecular weight is 205 g/mol. The number of aromatic nitrogens is 2. The summed E-state index contributed by atoms with van der Waals surface area (Å²) in [5.41, 5.74) is 0.933. The molecule has 0 amide bonds. The zero-order chi connectivity index (χ0) is 8.55. The quantitative estimate of drug-likeness (QED) is 0.702. The summed E-state index contributed by atoms with van der Waals surface area (Å²) in [6, 6.07) is 1.74. The van der Waals surface area contributed by atoms with Crippen molar-refractivity contribution in [3.8, 4) is 0 Å². The highest BCUT2D eigenvalue weighted by molar-refractivity contribution is 6.31. The summed E-state index contributed by atoms with van der Waals surface area (Å²) in [4.78, 5) is 0. The van der Waals surface area contributed by atoms with Crippen molar-refractivity contribution >= 4 is 23.2 Å². The fourth-order valence-electron chi connectivity index (χ4n) is 1.07. The normalized spacial score (nSPS) is 17.5. The van der Waals surface area contributed by atoms with Crippen LogP contribution in [0.25, 0.3) is 0 Å². The second kappa shape index (κ2) is 3.17. The topological polar surface area (TPSA) is 35.0 Å². The first-order valence-electron chi connectivity index (χ1n) is 3.54. The summed E-state index contributed by atoms with van der Waals surface area (Å²) in [6.07, 6.45) is 0. The second-order valence-corrected chi connectivity index (χ2v) is 3.39. The van der Waals surface area contributed by atoms with Crippen molar-refractivity contribution in [3.63, 3.8) is 0 Å². The van der Waals surface area contributed by atoms with Gasteiger partial charge in [0.05, 0.1) is 13.2 Å². The van der Waals surface area contributed by atoms with Crippen molar-refractivity contribution in [1.29, 1.82) is 0 Å². The number of hydrogen-bond donors (Lipinski definition) is 0. The van der Waals surface area contributed by atoms with Crippen molar-refractivity contribution in [2.45, 2.75) is 5.92 Å². The smallest absolute Gasteiger partial charge is 0.155 e. The molecule has 1 aromatic rings. The van der Waals surface area contributed by atoms with Crippen LogP contribution in [0.2, 0.25) is 10.3 Å². The molecule has 1 aliphatic rings. The van der Waals surface area contributed by atoms with E-state index in [1.54, 1.807) is 6.07 Å². The number of nitrogens with zero attached hydrogens (tertiary/aromatic N) is 2. The zero-order valence-electron chi connectivity index (χ0n) is 6.13. The van der Waals surface area contributed by atoms with Crippen LogP contribution in [-0.2, 0) is 4.74 Å². The van der Waals surface area contributed by atoms with E-state index in [0.29, 0.717) is 29.4 Å². The largest absolute Gasteiger partial charge is 0.380 e. The molecule has 0 N–H and O–H groups in total. The molecule has 0 aliphatic carbocycles. The minimum absolute atomic E-state index is 0.338. The number of halogens is 2. The summed E-state index contributed by atoms with van der Waals surface area (Å²) < 4.78 is 5.03. The molecule has 0 atom stereocenters. The molecule has 2 rings (SSSR count). The Morgan fingerprint density at radius 2 is 2.08 bits per heavy atom. The van der Waals surface area contributed by atoms with Gasteiger partial charge in [0.1, 0.15) is 0 Å². The van der Waals surface area contributed by atoms with Crippen LogP contribution >= 0.6 is 23.2 Å². The summed E-state index contributed by atoms with van der Waals surface area (Å²) in [7, 11) is 0. The molecule has 0 radical (unpaired) electrons. The summed E-state index contributed by atoms with van der Waals surface area (Å²) >= 11 is 11.5. The highest BCUT2D eigenvalue weighted by Gasteiger charge is 2.23. The van der Waals surface area contributed by atoms with E-state index in [1.165, 1.54) is 0 Å². The molecule has 64 valence electrons. The molecule has 1 fully saturated rings. The Bertz CT molecular complexity index is 301. The standard InChI is InChI=1S/C7H6Cl2N2O/c8-6-1-5(4-2-12-3-4)7(9)11-10-6/h1,4H,2-3H2. The minimum Gasteiger partial charge on any atom is -0.380 e. The van der Waals surface area contributed by atoms with E-state index in [0.717, 1.165) is 5.56 Å². The van der Waals surface area contributed by atoms with E-state index in [4.69, 9.17) is 27.9 Å². The van der Waals surface area contributed by atoms with Crippen LogP contribution in [0.3, 0.4) is 0 Å². The van der Waals surface area contributed by atoms with E-state index in [1.807, 2.05) is 0 Å². The van der Waals surface area contributed by atoms with Gasteiger partial charge in [-0.1, -0.05) is 23.2 Å². The van der Waals surface area contributed by atoms with Crippen LogP contribution in [0.5, 0.6) is 0 Å². The minimum atomic E-state index is 0.338. The lowest BCUT2D eigenvalue weighted by molar-refractivity contribution is 0.00828. The van der Waals surface area contributed by atoms with E-state index >= 15 is 0 Å². The zero-order valence-corrected chi connectivity index (χ0v) is 7.64. The van der Waals surface area contributed by atoms with Crippen molar-refractivity contribution < 1.29 is 4.74 Å². The number of hydrogen-bond acceptors (Lipinski definition) is 3. The maximum Gasteiger partial charge on any atom is 0.155 e. The second-order valence-electron chi connectivity index (χ2n) is 2.65. The van der Waals surface area contributed by atoms with Crippen molar-refractivity contribution in [2.75, 3.05) is 13.2 Å². The first-order valence-corrected chi connectivity index (χ1v) is 4.29. The van der Waals surface area contributed by atoms with E-state index in [-0.39, 0.29) is 0 Å². The molecule has 2 heterocycles. The molecule has 0 aromatic carbocycles. The van der Waals surface area contributed by atoms with Gasteiger partial charge in [0, 0.05) is 11.5 Å². The molecule has 12 heavy (non-hydrogen) atoms. The maximum absolute atomic E-state index is 5.82. The molecular weight excluding hydrogens is 199 g/mol. The molecule has 1 saturated heterocycles. The Morgan fingerprint density at radius 3 is 2.67 bits per heavy atom. The molecular formula is C7H6Cl2N2O. The Hall–Kier alpha value is -0.380. The molecule has 5 heteroatoms. The summed E-state index contributed by atoms with van der Waals surface area (Å²) in [5, 5.41) is 8.13. The Balaban J connectivity index is 2.34. The third kappa shape index (κ3) is 1.40. The fraction of sp³-hybridized carbons (Fsp3) is 0.429. The van der Waals surface area contributed by atoms with Crippen LogP contribution in [0.1, 0.15) is 11.5 Å². The van der Waals surface area contributed by atoms with E-state index < -0.39 is 0 Å². The molecule has 3 nitrogen and oxygen atoms in total.